The molecule has 0 spiro atoms. The van der Waals surface area contributed by atoms with Gasteiger partial charge in [0.15, 0.2) is 0 Å². The van der Waals surface area contributed by atoms with E-state index in [1.54, 1.807) is 29.6 Å². The summed E-state index contributed by atoms with van der Waals surface area (Å²) in [5.41, 5.74) is 9.45. The third-order valence-corrected chi connectivity index (χ3v) is 6.82. The SMILES string of the molecule is CC1CCc2c(sc3ncnc(Nc4ccc(N)c(C=N)c4)c23)C1.CNSC(C)C. The highest BCUT2D eigenvalue weighted by molar-refractivity contribution is 7.97. The lowest BCUT2D eigenvalue weighted by atomic mass is 9.89. The number of aryl methyl sites for hydroxylation is 1. The van der Waals surface area contributed by atoms with E-state index in [2.05, 4.69) is 40.8 Å². The summed E-state index contributed by atoms with van der Waals surface area (Å²) < 4.78 is 2.98. The van der Waals surface area contributed by atoms with Crippen molar-refractivity contribution in [3.05, 3.63) is 40.5 Å². The zero-order valence-corrected chi connectivity index (χ0v) is 19.6. The molecular weight excluding hydrogens is 412 g/mol. The molecule has 6 nitrogen and oxygen atoms in total. The summed E-state index contributed by atoms with van der Waals surface area (Å²) in [5.74, 6) is 1.58. The molecule has 0 amide bonds. The largest absolute Gasteiger partial charge is 0.398 e. The minimum Gasteiger partial charge on any atom is -0.398 e. The number of thiophene rings is 1. The third-order valence-electron chi connectivity index (χ3n) is 4.95. The van der Waals surface area contributed by atoms with Crippen LogP contribution >= 0.6 is 23.3 Å². The lowest BCUT2D eigenvalue weighted by Crippen LogP contribution is -2.09. The van der Waals surface area contributed by atoms with Gasteiger partial charge >= 0.3 is 0 Å². The second-order valence-electron chi connectivity index (χ2n) is 7.74. The van der Waals surface area contributed by atoms with E-state index in [0.717, 1.165) is 40.5 Å². The number of aromatic nitrogens is 2. The van der Waals surface area contributed by atoms with Gasteiger partial charge in [-0.05, 0) is 56.0 Å². The van der Waals surface area contributed by atoms with Crippen LogP contribution < -0.4 is 15.8 Å². The van der Waals surface area contributed by atoms with Crippen molar-refractivity contribution < 1.29 is 0 Å². The van der Waals surface area contributed by atoms with Crippen LogP contribution in [0.4, 0.5) is 17.2 Å². The van der Waals surface area contributed by atoms with Crippen LogP contribution in [0.25, 0.3) is 10.2 Å². The van der Waals surface area contributed by atoms with Crippen LogP contribution in [-0.4, -0.2) is 28.5 Å². The van der Waals surface area contributed by atoms with E-state index < -0.39 is 0 Å². The van der Waals surface area contributed by atoms with Gasteiger partial charge in [-0.15, -0.1) is 11.3 Å². The van der Waals surface area contributed by atoms with Crippen molar-refractivity contribution in [2.45, 2.75) is 45.3 Å². The molecule has 160 valence electrons. The first kappa shape index (κ1) is 22.5. The third kappa shape index (κ3) is 5.30. The van der Waals surface area contributed by atoms with Crippen molar-refractivity contribution >= 4 is 56.9 Å². The maximum atomic E-state index is 7.45. The Morgan fingerprint density at radius 3 is 2.80 bits per heavy atom. The van der Waals surface area contributed by atoms with Crippen molar-refractivity contribution in [3.8, 4) is 0 Å². The highest BCUT2D eigenvalue weighted by atomic mass is 32.2. The zero-order valence-electron chi connectivity index (χ0n) is 18.0. The second-order valence-corrected chi connectivity index (χ2v) is 10.4. The van der Waals surface area contributed by atoms with Crippen LogP contribution in [0.3, 0.4) is 0 Å². The monoisotopic (exact) mass is 442 g/mol. The van der Waals surface area contributed by atoms with Crippen molar-refractivity contribution in [3.63, 3.8) is 0 Å². The first-order chi connectivity index (χ1) is 14.4. The van der Waals surface area contributed by atoms with Crippen LogP contribution in [0.1, 0.15) is 43.2 Å². The first-order valence-electron chi connectivity index (χ1n) is 10.2. The Labute approximate surface area is 186 Å². The molecule has 2 aromatic heterocycles. The molecular formula is C22H30N6S2. The summed E-state index contributed by atoms with van der Waals surface area (Å²) >= 11 is 3.53. The average molecular weight is 443 g/mol. The lowest BCUT2D eigenvalue weighted by molar-refractivity contribution is 0.509. The van der Waals surface area contributed by atoms with E-state index in [1.807, 2.05) is 25.2 Å². The summed E-state index contributed by atoms with van der Waals surface area (Å²) in [6, 6.07) is 5.60. The van der Waals surface area contributed by atoms with Gasteiger partial charge in [0.05, 0.1) is 5.39 Å². The summed E-state index contributed by atoms with van der Waals surface area (Å²) in [6.07, 6.45) is 6.32. The Morgan fingerprint density at radius 1 is 1.33 bits per heavy atom. The van der Waals surface area contributed by atoms with E-state index >= 15 is 0 Å². The molecule has 1 aliphatic rings. The summed E-state index contributed by atoms with van der Waals surface area (Å²) in [6.45, 7) is 6.62. The fourth-order valence-electron chi connectivity index (χ4n) is 3.52. The lowest BCUT2D eigenvalue weighted by Gasteiger charge is -2.18. The molecule has 0 saturated carbocycles. The summed E-state index contributed by atoms with van der Waals surface area (Å²) in [7, 11) is 1.94. The first-order valence-corrected chi connectivity index (χ1v) is 11.9. The normalized spacial score (nSPS) is 15.4. The van der Waals surface area contributed by atoms with E-state index in [4.69, 9.17) is 11.1 Å². The van der Waals surface area contributed by atoms with Crippen molar-refractivity contribution in [2.75, 3.05) is 18.1 Å². The number of anilines is 3. The van der Waals surface area contributed by atoms with Crippen LogP contribution in [0.15, 0.2) is 24.5 Å². The van der Waals surface area contributed by atoms with Crippen LogP contribution in [0, 0.1) is 11.3 Å². The number of benzene rings is 1. The molecule has 1 atom stereocenters. The smallest absolute Gasteiger partial charge is 0.142 e. The molecule has 0 radical (unpaired) electrons. The quantitative estimate of drug-likeness (QED) is 0.240. The number of nitrogen functional groups attached to an aromatic ring is 1. The zero-order chi connectivity index (χ0) is 21.7. The van der Waals surface area contributed by atoms with Gasteiger partial charge in [0.1, 0.15) is 17.0 Å². The van der Waals surface area contributed by atoms with Gasteiger partial charge in [0.2, 0.25) is 0 Å². The molecule has 0 fully saturated rings. The van der Waals surface area contributed by atoms with E-state index in [-0.39, 0.29) is 0 Å². The summed E-state index contributed by atoms with van der Waals surface area (Å²) in [5, 5.41) is 12.7. The molecule has 2 heterocycles. The highest BCUT2D eigenvalue weighted by Crippen LogP contribution is 2.40. The van der Waals surface area contributed by atoms with Crippen molar-refractivity contribution in [2.24, 2.45) is 5.92 Å². The molecule has 1 aliphatic carbocycles. The fourth-order valence-corrected chi connectivity index (χ4v) is 5.34. The molecule has 3 aromatic rings. The summed E-state index contributed by atoms with van der Waals surface area (Å²) in [4.78, 5) is 11.4. The van der Waals surface area contributed by atoms with Crippen LogP contribution in [-0.2, 0) is 12.8 Å². The standard InChI is InChI=1S/C18H19N5S.C4H11NS/c1-10-2-4-13-15(6-10)24-18-16(13)17(21-9-22-18)23-12-3-5-14(20)11(7-12)8-19;1-4(2)6-5-3/h3,5,7-10,19H,2,4,6,20H2,1H3,(H,21,22,23);4-5H,1-3H3. The Bertz CT molecular complexity index is 1010. The minimum absolute atomic E-state index is 0.602. The van der Waals surface area contributed by atoms with E-state index in [9.17, 15) is 0 Å². The number of hydrogen-bond acceptors (Lipinski definition) is 8. The van der Waals surface area contributed by atoms with Gasteiger partial charge in [-0.1, -0.05) is 32.7 Å². The number of rotatable bonds is 5. The van der Waals surface area contributed by atoms with Crippen LogP contribution in [0.5, 0.6) is 0 Å². The van der Waals surface area contributed by atoms with Crippen molar-refractivity contribution in [1.82, 2.24) is 14.7 Å². The van der Waals surface area contributed by atoms with Crippen molar-refractivity contribution in [1.29, 1.82) is 5.41 Å². The number of nitrogens with two attached hydrogens (primary N) is 1. The van der Waals surface area contributed by atoms with E-state index in [0.29, 0.717) is 16.5 Å². The molecule has 4 rings (SSSR count). The maximum Gasteiger partial charge on any atom is 0.142 e. The Hall–Kier alpha value is -2.16. The molecule has 1 unspecified atom stereocenters. The predicted molar refractivity (Wildman–Crippen MR) is 132 cm³/mol. The van der Waals surface area contributed by atoms with Gasteiger partial charge in [-0.3, -0.25) is 4.72 Å². The Balaban J connectivity index is 0.000000377. The predicted octanol–water partition coefficient (Wildman–Crippen LogP) is 5.40. The second kappa shape index (κ2) is 10.2. The van der Waals surface area contributed by atoms with Gasteiger partial charge in [-0.2, -0.15) is 0 Å². The van der Waals surface area contributed by atoms with Gasteiger partial charge in [0.25, 0.3) is 0 Å². The topological polar surface area (TPSA) is 99.7 Å². The molecule has 8 heteroatoms. The van der Waals surface area contributed by atoms with Crippen LogP contribution in [0.2, 0.25) is 0 Å². The molecule has 0 saturated heterocycles. The van der Waals surface area contributed by atoms with Gasteiger partial charge < -0.3 is 16.5 Å². The molecule has 1 aromatic carbocycles. The molecule has 0 bridgehead atoms. The Morgan fingerprint density at radius 2 is 2.13 bits per heavy atom. The number of nitrogens with zero attached hydrogens (tertiary/aromatic N) is 2. The number of hydrogen-bond donors (Lipinski definition) is 4. The average Bonchev–Trinajstić information content (AvgIpc) is 3.08. The minimum atomic E-state index is 0.602. The van der Waals surface area contributed by atoms with Gasteiger partial charge in [0, 0.05) is 33.3 Å². The highest BCUT2D eigenvalue weighted by Gasteiger charge is 2.23. The maximum absolute atomic E-state index is 7.45. The number of fused-ring (bicyclic) bond motifs is 3. The van der Waals surface area contributed by atoms with Gasteiger partial charge in [-0.25, -0.2) is 9.97 Å². The Kier molecular flexibility index (Phi) is 7.69. The fraction of sp³-hybridized carbons (Fsp3) is 0.409. The molecule has 5 N–H and O–H groups in total. The molecule has 0 aliphatic heterocycles. The van der Waals surface area contributed by atoms with E-state index in [1.165, 1.54) is 23.1 Å². The number of nitrogens with one attached hydrogen (secondary N) is 3. The molecule has 30 heavy (non-hydrogen) atoms.